The fourth-order valence-electron chi connectivity index (χ4n) is 2.07. The van der Waals surface area contributed by atoms with Gasteiger partial charge in [-0.2, -0.15) is 0 Å². The van der Waals surface area contributed by atoms with Crippen molar-refractivity contribution in [3.05, 3.63) is 33.8 Å². The number of carbonyl (C=O) groups excluding carboxylic acids is 1. The summed E-state index contributed by atoms with van der Waals surface area (Å²) in [6.07, 6.45) is 0.851. The quantitative estimate of drug-likeness (QED) is 0.829. The van der Waals surface area contributed by atoms with Crippen molar-refractivity contribution >= 4 is 34.2 Å². The summed E-state index contributed by atoms with van der Waals surface area (Å²) in [4.78, 5) is 13.8. The van der Waals surface area contributed by atoms with Gasteiger partial charge in [-0.1, -0.05) is 0 Å². The summed E-state index contributed by atoms with van der Waals surface area (Å²) in [6, 6.07) is 1.90. The van der Waals surface area contributed by atoms with Crippen molar-refractivity contribution in [1.82, 2.24) is 4.90 Å². The Morgan fingerprint density at radius 1 is 1.42 bits per heavy atom. The molecule has 1 saturated heterocycles. The van der Waals surface area contributed by atoms with Crippen molar-refractivity contribution in [2.24, 2.45) is 11.7 Å². The molecule has 106 valence electrons. The van der Waals surface area contributed by atoms with Gasteiger partial charge >= 0.3 is 0 Å². The molecule has 19 heavy (non-hydrogen) atoms. The van der Waals surface area contributed by atoms with Gasteiger partial charge in [0, 0.05) is 17.6 Å². The summed E-state index contributed by atoms with van der Waals surface area (Å²) in [7, 11) is 0. The van der Waals surface area contributed by atoms with E-state index in [1.54, 1.807) is 4.90 Å². The molecule has 0 aliphatic carbocycles. The van der Waals surface area contributed by atoms with Crippen LogP contribution in [0.1, 0.15) is 16.8 Å². The van der Waals surface area contributed by atoms with Crippen LogP contribution >= 0.6 is 28.3 Å². The Morgan fingerprint density at radius 3 is 2.63 bits per heavy atom. The van der Waals surface area contributed by atoms with Gasteiger partial charge in [-0.15, -0.1) is 12.4 Å². The van der Waals surface area contributed by atoms with Gasteiger partial charge in [0.15, 0.2) is 11.6 Å². The minimum atomic E-state index is -1.02. The third kappa shape index (κ3) is 3.43. The predicted octanol–water partition coefficient (Wildman–Crippen LogP) is 2.57. The number of halogens is 4. The summed E-state index contributed by atoms with van der Waals surface area (Å²) in [5.74, 6) is -1.99. The smallest absolute Gasteiger partial charge is 0.255 e. The second-order valence-electron chi connectivity index (χ2n) is 4.39. The lowest BCUT2D eigenvalue weighted by Crippen LogP contribution is -2.30. The summed E-state index contributed by atoms with van der Waals surface area (Å²) in [5.41, 5.74) is 5.70. The molecule has 1 fully saturated rings. The van der Waals surface area contributed by atoms with Crippen molar-refractivity contribution in [3.63, 3.8) is 0 Å². The molecular weight excluding hydrogens is 341 g/mol. The van der Waals surface area contributed by atoms with Crippen LogP contribution in [0, 0.1) is 17.6 Å². The van der Waals surface area contributed by atoms with E-state index in [0.29, 0.717) is 19.6 Å². The number of likely N-dealkylation sites (tertiary alicyclic amines) is 1. The van der Waals surface area contributed by atoms with Crippen molar-refractivity contribution in [1.29, 1.82) is 0 Å². The Morgan fingerprint density at radius 2 is 2.05 bits per heavy atom. The van der Waals surface area contributed by atoms with Gasteiger partial charge in [-0.05, 0) is 46.9 Å². The van der Waals surface area contributed by atoms with Gasteiger partial charge in [0.1, 0.15) is 0 Å². The molecule has 1 aliphatic heterocycles. The highest BCUT2D eigenvalue weighted by atomic mass is 79.9. The average Bonchev–Trinajstić information content (AvgIpc) is 2.81. The monoisotopic (exact) mass is 354 g/mol. The molecule has 0 aromatic heterocycles. The van der Waals surface area contributed by atoms with Gasteiger partial charge in [0.05, 0.1) is 5.56 Å². The molecule has 1 aromatic carbocycles. The van der Waals surface area contributed by atoms with E-state index in [1.165, 1.54) is 0 Å². The minimum Gasteiger partial charge on any atom is -0.338 e. The zero-order valence-corrected chi connectivity index (χ0v) is 12.4. The summed E-state index contributed by atoms with van der Waals surface area (Å²) in [5, 5.41) is 0. The van der Waals surface area contributed by atoms with Crippen LogP contribution in [0.15, 0.2) is 16.6 Å². The number of hydrogen-bond acceptors (Lipinski definition) is 2. The molecule has 1 unspecified atom stereocenters. The molecule has 3 nitrogen and oxygen atoms in total. The Kier molecular flexibility index (Phi) is 5.70. The lowest BCUT2D eigenvalue weighted by atomic mass is 10.1. The number of hydrogen-bond donors (Lipinski definition) is 1. The number of carbonyl (C=O) groups is 1. The molecule has 0 radical (unpaired) electrons. The molecule has 1 aromatic rings. The van der Waals surface area contributed by atoms with Crippen LogP contribution in [-0.4, -0.2) is 30.4 Å². The van der Waals surface area contributed by atoms with E-state index in [0.717, 1.165) is 18.6 Å². The maximum Gasteiger partial charge on any atom is 0.255 e. The molecular formula is C12H14BrClF2N2O. The number of rotatable bonds is 2. The first-order valence-corrected chi connectivity index (χ1v) is 6.46. The molecule has 1 amide bonds. The topological polar surface area (TPSA) is 46.3 Å². The van der Waals surface area contributed by atoms with Crippen molar-refractivity contribution in [3.8, 4) is 0 Å². The van der Waals surface area contributed by atoms with Crippen molar-refractivity contribution in [2.75, 3.05) is 19.6 Å². The normalized spacial score (nSPS) is 18.3. The maximum absolute atomic E-state index is 13.2. The van der Waals surface area contributed by atoms with E-state index in [9.17, 15) is 13.6 Å². The molecule has 1 atom stereocenters. The van der Waals surface area contributed by atoms with E-state index in [4.69, 9.17) is 5.73 Å². The van der Waals surface area contributed by atoms with Crippen molar-refractivity contribution in [2.45, 2.75) is 6.42 Å². The number of amides is 1. The van der Waals surface area contributed by atoms with E-state index >= 15 is 0 Å². The largest absolute Gasteiger partial charge is 0.338 e. The lowest BCUT2D eigenvalue weighted by molar-refractivity contribution is 0.0786. The van der Waals surface area contributed by atoms with Crippen LogP contribution in [0.4, 0.5) is 8.78 Å². The zero-order valence-electron chi connectivity index (χ0n) is 10.0. The standard InChI is InChI=1S/C12H13BrF2N2O.ClH/c13-9-4-11(15)10(14)3-8(9)12(18)17-2-1-7(5-16)6-17;/h3-4,7H,1-2,5-6,16H2;1H. The Hall–Kier alpha value is -0.720. The number of nitrogens with two attached hydrogens (primary N) is 1. The summed E-state index contributed by atoms with van der Waals surface area (Å²) >= 11 is 3.08. The summed E-state index contributed by atoms with van der Waals surface area (Å²) in [6.45, 7) is 1.70. The van der Waals surface area contributed by atoms with E-state index in [1.807, 2.05) is 0 Å². The minimum absolute atomic E-state index is 0. The molecule has 0 bridgehead atoms. The summed E-state index contributed by atoms with van der Waals surface area (Å²) < 4.78 is 26.4. The van der Waals surface area contributed by atoms with Crippen molar-refractivity contribution < 1.29 is 13.6 Å². The SMILES string of the molecule is Cl.NCC1CCN(C(=O)c2cc(F)c(F)cc2Br)C1. The molecule has 1 aliphatic rings. The first kappa shape index (κ1) is 16.3. The first-order chi connectivity index (χ1) is 8.52. The third-order valence-corrected chi connectivity index (χ3v) is 3.80. The van der Waals surface area contributed by atoms with E-state index < -0.39 is 11.6 Å². The Bertz CT molecular complexity index is 487. The third-order valence-electron chi connectivity index (χ3n) is 3.15. The highest BCUT2D eigenvalue weighted by Gasteiger charge is 2.27. The van der Waals surface area contributed by atoms with Crippen LogP contribution in [0.5, 0.6) is 0 Å². The molecule has 2 N–H and O–H groups in total. The fourth-order valence-corrected chi connectivity index (χ4v) is 2.55. The maximum atomic E-state index is 13.2. The lowest BCUT2D eigenvalue weighted by Gasteiger charge is -2.17. The van der Waals surface area contributed by atoms with Crippen LogP contribution in [0.2, 0.25) is 0 Å². The number of nitrogens with zero attached hydrogens (tertiary/aromatic N) is 1. The zero-order chi connectivity index (χ0) is 13.3. The molecule has 7 heteroatoms. The molecule has 0 spiro atoms. The Labute approximate surface area is 124 Å². The van der Waals surface area contributed by atoms with E-state index in [2.05, 4.69) is 15.9 Å². The van der Waals surface area contributed by atoms with E-state index in [-0.39, 0.29) is 34.3 Å². The van der Waals surface area contributed by atoms with Gasteiger partial charge in [0.25, 0.3) is 5.91 Å². The van der Waals surface area contributed by atoms with Crippen LogP contribution in [0.25, 0.3) is 0 Å². The molecule has 1 heterocycles. The average molecular weight is 356 g/mol. The van der Waals surface area contributed by atoms with Crippen LogP contribution in [0.3, 0.4) is 0 Å². The van der Waals surface area contributed by atoms with Crippen LogP contribution < -0.4 is 5.73 Å². The van der Waals surface area contributed by atoms with Gasteiger partial charge < -0.3 is 10.6 Å². The Balaban J connectivity index is 0.00000180. The van der Waals surface area contributed by atoms with Crippen LogP contribution in [-0.2, 0) is 0 Å². The molecule has 2 rings (SSSR count). The van der Waals surface area contributed by atoms with Gasteiger partial charge in [-0.3, -0.25) is 4.79 Å². The predicted molar refractivity (Wildman–Crippen MR) is 74.4 cm³/mol. The molecule has 0 saturated carbocycles. The van der Waals surface area contributed by atoms with Gasteiger partial charge in [-0.25, -0.2) is 8.78 Å². The van der Waals surface area contributed by atoms with Gasteiger partial charge in [0.2, 0.25) is 0 Å². The second-order valence-corrected chi connectivity index (χ2v) is 5.24. The first-order valence-electron chi connectivity index (χ1n) is 5.66. The number of benzene rings is 1. The fraction of sp³-hybridized carbons (Fsp3) is 0.417. The second kappa shape index (κ2) is 6.63. The highest BCUT2D eigenvalue weighted by Crippen LogP contribution is 2.24. The highest BCUT2D eigenvalue weighted by molar-refractivity contribution is 9.10.